The Morgan fingerprint density at radius 1 is 0.897 bits per heavy atom. The van der Waals surface area contributed by atoms with Crippen molar-refractivity contribution in [2.75, 3.05) is 31.1 Å². The first kappa shape index (κ1) is 21.1. The number of nitrogens with zero attached hydrogens (tertiary/aromatic N) is 4. The van der Waals surface area contributed by atoms with Gasteiger partial charge in [0.1, 0.15) is 5.75 Å². The Labute approximate surface area is 173 Å². The summed E-state index contributed by atoms with van der Waals surface area (Å²) < 4.78 is 0. The van der Waals surface area contributed by atoms with E-state index in [1.807, 2.05) is 17.0 Å². The Balaban J connectivity index is 1.86. The lowest BCUT2D eigenvalue weighted by molar-refractivity contribution is 0.0746. The molecule has 1 aliphatic heterocycles. The van der Waals surface area contributed by atoms with Gasteiger partial charge in [0, 0.05) is 55.3 Å². The van der Waals surface area contributed by atoms with Crippen molar-refractivity contribution < 1.29 is 9.90 Å². The van der Waals surface area contributed by atoms with Crippen LogP contribution >= 0.6 is 0 Å². The third kappa shape index (κ3) is 4.52. The Kier molecular flexibility index (Phi) is 5.57. The molecule has 0 unspecified atom stereocenters. The minimum atomic E-state index is -0.260. The van der Waals surface area contributed by atoms with Crippen molar-refractivity contribution in [3.63, 3.8) is 0 Å². The van der Waals surface area contributed by atoms with Crippen LogP contribution < -0.4 is 4.90 Å². The number of amides is 1. The number of piperazine rings is 1. The fraction of sp³-hybridized carbons (Fsp3) is 0.522. The van der Waals surface area contributed by atoms with Gasteiger partial charge in [0.25, 0.3) is 5.91 Å². The normalized spacial score (nSPS) is 15.5. The predicted octanol–water partition coefficient (Wildman–Crippen LogP) is 3.74. The average Bonchev–Trinajstić information content (AvgIpc) is 2.66. The summed E-state index contributed by atoms with van der Waals surface area (Å²) in [6.45, 7) is 15.0. The largest absolute Gasteiger partial charge is 0.507 e. The lowest BCUT2D eigenvalue weighted by atomic mass is 9.78. The van der Waals surface area contributed by atoms with E-state index in [1.165, 1.54) is 0 Å². The zero-order valence-electron chi connectivity index (χ0n) is 18.4. The molecule has 0 saturated carbocycles. The molecule has 6 heteroatoms. The molecule has 0 aliphatic carbocycles. The van der Waals surface area contributed by atoms with Crippen LogP contribution in [0, 0.1) is 0 Å². The van der Waals surface area contributed by atoms with Crippen LogP contribution in [0.15, 0.2) is 30.6 Å². The van der Waals surface area contributed by atoms with Crippen molar-refractivity contribution in [3.05, 3.63) is 47.3 Å². The number of carbonyl (C=O) groups excluding carboxylic acids is 1. The third-order valence-electron chi connectivity index (χ3n) is 5.37. The van der Waals surface area contributed by atoms with E-state index >= 15 is 0 Å². The molecular weight excluding hydrogens is 364 g/mol. The van der Waals surface area contributed by atoms with E-state index in [1.54, 1.807) is 18.5 Å². The number of hydrogen-bond donors (Lipinski definition) is 1. The molecule has 1 saturated heterocycles. The minimum absolute atomic E-state index is 0.00892. The standard InChI is InChI=1S/C23H32N4O2/c1-22(2,3)17-14-16(15-18(19(17)28)23(4,5)6)20(29)26-10-12-27(13-11-26)21-24-8-7-9-25-21/h7-9,14-15,28H,10-13H2,1-6H3. The molecule has 6 nitrogen and oxygen atoms in total. The molecule has 156 valence electrons. The van der Waals surface area contributed by atoms with Crippen molar-refractivity contribution >= 4 is 11.9 Å². The van der Waals surface area contributed by atoms with Gasteiger partial charge in [0.05, 0.1) is 0 Å². The summed E-state index contributed by atoms with van der Waals surface area (Å²) in [5.41, 5.74) is 1.74. The van der Waals surface area contributed by atoms with Gasteiger partial charge >= 0.3 is 0 Å². The fourth-order valence-electron chi connectivity index (χ4n) is 3.65. The summed E-state index contributed by atoms with van der Waals surface area (Å²) >= 11 is 0. The van der Waals surface area contributed by atoms with Gasteiger partial charge in [0.2, 0.25) is 5.95 Å². The first-order chi connectivity index (χ1) is 13.5. The number of aromatic hydroxyl groups is 1. The van der Waals surface area contributed by atoms with Gasteiger partial charge in [-0.1, -0.05) is 41.5 Å². The van der Waals surface area contributed by atoms with Gasteiger partial charge in [-0.15, -0.1) is 0 Å². The number of aromatic nitrogens is 2. The van der Waals surface area contributed by atoms with Crippen molar-refractivity contribution in [1.82, 2.24) is 14.9 Å². The van der Waals surface area contributed by atoms with Gasteiger partial charge in [0.15, 0.2) is 0 Å². The van der Waals surface area contributed by atoms with Crippen LogP contribution in [0.25, 0.3) is 0 Å². The molecule has 1 N–H and O–H groups in total. The monoisotopic (exact) mass is 396 g/mol. The molecule has 0 bridgehead atoms. The molecule has 29 heavy (non-hydrogen) atoms. The third-order valence-corrected chi connectivity index (χ3v) is 5.37. The number of phenols is 1. The number of hydrogen-bond acceptors (Lipinski definition) is 5. The van der Waals surface area contributed by atoms with Crippen molar-refractivity contribution in [3.8, 4) is 5.75 Å². The molecule has 3 rings (SSSR count). The summed E-state index contributed by atoms with van der Waals surface area (Å²) in [6.07, 6.45) is 3.47. The lowest BCUT2D eigenvalue weighted by Gasteiger charge is -2.35. The van der Waals surface area contributed by atoms with E-state index in [2.05, 4.69) is 56.4 Å². The van der Waals surface area contributed by atoms with E-state index < -0.39 is 0 Å². The zero-order chi connectivity index (χ0) is 21.4. The lowest BCUT2D eigenvalue weighted by Crippen LogP contribution is -2.49. The second-order valence-electron chi connectivity index (χ2n) is 9.75. The minimum Gasteiger partial charge on any atom is -0.507 e. The highest BCUT2D eigenvalue weighted by Gasteiger charge is 2.30. The molecule has 1 aromatic heterocycles. The number of anilines is 1. The fourth-order valence-corrected chi connectivity index (χ4v) is 3.65. The molecule has 1 aliphatic rings. The Morgan fingerprint density at radius 3 is 1.83 bits per heavy atom. The van der Waals surface area contributed by atoms with Crippen LogP contribution in [-0.4, -0.2) is 52.1 Å². The molecule has 0 atom stereocenters. The molecule has 1 amide bonds. The smallest absolute Gasteiger partial charge is 0.253 e. The molecule has 1 aromatic carbocycles. The second-order valence-corrected chi connectivity index (χ2v) is 9.75. The molecule has 2 aromatic rings. The Bertz CT molecular complexity index is 839. The van der Waals surface area contributed by atoms with Crippen LogP contribution in [0.5, 0.6) is 5.75 Å². The van der Waals surface area contributed by atoms with Gasteiger partial charge in [-0.25, -0.2) is 9.97 Å². The van der Waals surface area contributed by atoms with Crippen LogP contribution in [0.3, 0.4) is 0 Å². The SMILES string of the molecule is CC(C)(C)c1cc(C(=O)N2CCN(c3ncccn3)CC2)cc(C(C)(C)C)c1O. The molecule has 2 heterocycles. The summed E-state index contributed by atoms with van der Waals surface area (Å²) in [6, 6.07) is 5.52. The van der Waals surface area contributed by atoms with Crippen LogP contribution in [0.4, 0.5) is 5.95 Å². The van der Waals surface area contributed by atoms with E-state index in [0.717, 1.165) is 11.1 Å². The maximum Gasteiger partial charge on any atom is 0.253 e. The quantitative estimate of drug-likeness (QED) is 0.837. The molecule has 0 spiro atoms. The van der Waals surface area contributed by atoms with Gasteiger partial charge < -0.3 is 14.9 Å². The number of phenolic OH excluding ortho intramolecular Hbond substituents is 1. The molecular formula is C23H32N4O2. The predicted molar refractivity (Wildman–Crippen MR) is 116 cm³/mol. The summed E-state index contributed by atoms with van der Waals surface area (Å²) in [7, 11) is 0. The van der Waals surface area contributed by atoms with E-state index in [0.29, 0.717) is 43.4 Å². The zero-order valence-corrected chi connectivity index (χ0v) is 18.4. The van der Waals surface area contributed by atoms with Crippen molar-refractivity contribution in [2.24, 2.45) is 0 Å². The number of benzene rings is 1. The maximum atomic E-state index is 13.3. The van der Waals surface area contributed by atoms with E-state index in [4.69, 9.17) is 0 Å². The highest BCUT2D eigenvalue weighted by atomic mass is 16.3. The van der Waals surface area contributed by atoms with E-state index in [9.17, 15) is 9.90 Å². The maximum absolute atomic E-state index is 13.3. The Hall–Kier alpha value is -2.63. The molecule has 1 fully saturated rings. The van der Waals surface area contributed by atoms with Gasteiger partial charge in [-0.2, -0.15) is 0 Å². The van der Waals surface area contributed by atoms with Crippen molar-refractivity contribution in [1.29, 1.82) is 0 Å². The van der Waals surface area contributed by atoms with Crippen molar-refractivity contribution in [2.45, 2.75) is 52.4 Å². The number of rotatable bonds is 2. The summed E-state index contributed by atoms with van der Waals surface area (Å²) in [4.78, 5) is 25.9. The highest BCUT2D eigenvalue weighted by molar-refractivity contribution is 5.95. The van der Waals surface area contributed by atoms with Crippen LogP contribution in [0.1, 0.15) is 63.0 Å². The van der Waals surface area contributed by atoms with Gasteiger partial charge in [-0.3, -0.25) is 4.79 Å². The first-order valence-electron chi connectivity index (χ1n) is 10.2. The van der Waals surface area contributed by atoms with Crippen LogP contribution in [0.2, 0.25) is 0 Å². The second kappa shape index (κ2) is 7.65. The van der Waals surface area contributed by atoms with Crippen LogP contribution in [-0.2, 0) is 10.8 Å². The first-order valence-corrected chi connectivity index (χ1v) is 10.2. The van der Waals surface area contributed by atoms with Gasteiger partial charge in [-0.05, 0) is 29.0 Å². The van der Waals surface area contributed by atoms with E-state index in [-0.39, 0.29) is 16.7 Å². The topological polar surface area (TPSA) is 69.6 Å². The Morgan fingerprint density at radius 2 is 1.38 bits per heavy atom. The summed E-state index contributed by atoms with van der Waals surface area (Å²) in [5, 5.41) is 10.9. The summed E-state index contributed by atoms with van der Waals surface area (Å²) in [5.74, 6) is 1.01. The highest BCUT2D eigenvalue weighted by Crippen LogP contribution is 2.40. The average molecular weight is 397 g/mol. The number of carbonyl (C=O) groups is 1. The molecule has 0 radical (unpaired) electrons.